The van der Waals surface area contributed by atoms with Crippen molar-refractivity contribution in [1.82, 2.24) is 14.8 Å². The minimum Gasteiger partial charge on any atom is -0.325 e. The van der Waals surface area contributed by atoms with Crippen LogP contribution < -0.4 is 5.32 Å². The Morgan fingerprint density at radius 3 is 2.42 bits per heavy atom. The molecule has 2 heterocycles. The van der Waals surface area contributed by atoms with Gasteiger partial charge in [0.15, 0.2) is 0 Å². The minimum atomic E-state index is 0.0504. The molecule has 0 saturated carbocycles. The summed E-state index contributed by atoms with van der Waals surface area (Å²) in [6, 6.07) is 13.9. The van der Waals surface area contributed by atoms with Crippen LogP contribution in [0.1, 0.15) is 5.69 Å². The summed E-state index contributed by atoms with van der Waals surface area (Å²) in [5, 5.41) is 2.96. The molecule has 1 fully saturated rings. The molecule has 1 aromatic carbocycles. The second-order valence-corrected chi connectivity index (χ2v) is 7.17. The molecular weight excluding hydrogens is 415 g/mol. The molecule has 1 N–H and O–H groups in total. The number of hydrogen-bond acceptors (Lipinski definition) is 4. The summed E-state index contributed by atoms with van der Waals surface area (Å²) in [5.74, 6) is 0.0504. The lowest BCUT2D eigenvalue weighted by molar-refractivity contribution is -0.117. The number of amides is 1. The zero-order valence-corrected chi connectivity index (χ0v) is 15.6. The van der Waals surface area contributed by atoms with E-state index in [0.29, 0.717) is 6.54 Å². The van der Waals surface area contributed by atoms with Crippen molar-refractivity contribution >= 4 is 34.2 Å². The van der Waals surface area contributed by atoms with E-state index >= 15 is 0 Å². The Bertz CT molecular complexity index is 654. The van der Waals surface area contributed by atoms with Gasteiger partial charge in [0.1, 0.15) is 0 Å². The van der Waals surface area contributed by atoms with Gasteiger partial charge in [-0.25, -0.2) is 0 Å². The van der Waals surface area contributed by atoms with E-state index in [1.54, 1.807) is 0 Å². The van der Waals surface area contributed by atoms with E-state index in [4.69, 9.17) is 0 Å². The zero-order valence-electron chi connectivity index (χ0n) is 13.5. The summed E-state index contributed by atoms with van der Waals surface area (Å²) in [6.45, 7) is 5.08. The highest BCUT2D eigenvalue weighted by Gasteiger charge is 2.19. The summed E-state index contributed by atoms with van der Waals surface area (Å²) in [4.78, 5) is 21.1. The summed E-state index contributed by atoms with van der Waals surface area (Å²) < 4.78 is 1.16. The lowest BCUT2D eigenvalue weighted by Crippen LogP contribution is -2.48. The van der Waals surface area contributed by atoms with Gasteiger partial charge in [-0.1, -0.05) is 6.07 Å². The average Bonchev–Trinajstić information content (AvgIpc) is 2.60. The molecule has 2 aromatic rings. The van der Waals surface area contributed by atoms with Crippen molar-refractivity contribution in [2.24, 2.45) is 0 Å². The second-order valence-electron chi connectivity index (χ2n) is 5.93. The lowest BCUT2D eigenvalue weighted by Gasteiger charge is -2.34. The summed E-state index contributed by atoms with van der Waals surface area (Å²) in [6.07, 6.45) is 1.83. The quantitative estimate of drug-likeness (QED) is 0.732. The van der Waals surface area contributed by atoms with Crippen LogP contribution in [0.2, 0.25) is 0 Å². The predicted molar refractivity (Wildman–Crippen MR) is 104 cm³/mol. The van der Waals surface area contributed by atoms with Gasteiger partial charge in [-0.3, -0.25) is 19.6 Å². The molecule has 1 aliphatic heterocycles. The molecule has 0 atom stereocenters. The highest BCUT2D eigenvalue weighted by molar-refractivity contribution is 14.1. The van der Waals surface area contributed by atoms with Gasteiger partial charge in [0, 0.05) is 48.2 Å². The largest absolute Gasteiger partial charge is 0.325 e. The Hall–Kier alpha value is -1.51. The van der Waals surface area contributed by atoms with Gasteiger partial charge in [0.2, 0.25) is 5.91 Å². The predicted octanol–water partition coefficient (Wildman–Crippen LogP) is 2.44. The van der Waals surface area contributed by atoms with Gasteiger partial charge in [-0.2, -0.15) is 0 Å². The normalized spacial score (nSPS) is 16.0. The molecule has 1 saturated heterocycles. The maximum Gasteiger partial charge on any atom is 0.238 e. The number of benzene rings is 1. The Morgan fingerprint density at radius 2 is 1.75 bits per heavy atom. The van der Waals surface area contributed by atoms with Crippen molar-refractivity contribution in [1.29, 1.82) is 0 Å². The Balaban J connectivity index is 1.41. The molecule has 3 rings (SSSR count). The van der Waals surface area contributed by atoms with Crippen LogP contribution in [0.5, 0.6) is 0 Å². The van der Waals surface area contributed by atoms with Crippen molar-refractivity contribution < 1.29 is 4.79 Å². The van der Waals surface area contributed by atoms with E-state index in [-0.39, 0.29) is 5.91 Å². The number of anilines is 1. The molecule has 1 aliphatic rings. The molecule has 0 spiro atoms. The number of carbonyl (C=O) groups is 1. The first-order valence-electron chi connectivity index (χ1n) is 8.09. The number of carbonyl (C=O) groups excluding carboxylic acids is 1. The molecule has 1 aromatic heterocycles. The number of pyridine rings is 1. The topological polar surface area (TPSA) is 48.5 Å². The first kappa shape index (κ1) is 17.3. The molecule has 6 heteroatoms. The van der Waals surface area contributed by atoms with Crippen molar-refractivity contribution in [2.45, 2.75) is 6.54 Å². The molecule has 5 nitrogen and oxygen atoms in total. The molecule has 0 aliphatic carbocycles. The lowest BCUT2D eigenvalue weighted by atomic mass is 10.2. The van der Waals surface area contributed by atoms with Crippen LogP contribution in [0.3, 0.4) is 0 Å². The molecule has 0 radical (unpaired) electrons. The van der Waals surface area contributed by atoms with Gasteiger partial charge in [0.25, 0.3) is 0 Å². The Labute approximate surface area is 156 Å². The van der Waals surface area contributed by atoms with Crippen LogP contribution in [-0.2, 0) is 11.3 Å². The number of halogens is 1. The summed E-state index contributed by atoms with van der Waals surface area (Å²) in [7, 11) is 0. The fraction of sp³-hybridized carbons (Fsp3) is 0.333. The molecule has 0 bridgehead atoms. The second kappa shape index (κ2) is 8.55. The van der Waals surface area contributed by atoms with Gasteiger partial charge in [-0.15, -0.1) is 0 Å². The van der Waals surface area contributed by atoms with Crippen LogP contribution in [0.4, 0.5) is 5.69 Å². The zero-order chi connectivity index (χ0) is 16.8. The van der Waals surface area contributed by atoms with Gasteiger partial charge >= 0.3 is 0 Å². The molecule has 24 heavy (non-hydrogen) atoms. The minimum absolute atomic E-state index is 0.0504. The molecule has 126 valence electrons. The maximum absolute atomic E-state index is 12.2. The SMILES string of the molecule is O=C(CN1CCN(Cc2ccccn2)CC1)Nc1ccc(I)cc1. The highest BCUT2D eigenvalue weighted by Crippen LogP contribution is 2.11. The third-order valence-electron chi connectivity index (χ3n) is 4.07. The van der Waals surface area contributed by atoms with Crippen LogP contribution in [0, 0.1) is 3.57 Å². The molecular formula is C18H21IN4O. The number of rotatable bonds is 5. The summed E-state index contributed by atoms with van der Waals surface area (Å²) in [5.41, 5.74) is 1.96. The molecule has 1 amide bonds. The monoisotopic (exact) mass is 436 g/mol. The van der Waals surface area contributed by atoms with Gasteiger partial charge in [-0.05, 0) is 59.0 Å². The number of nitrogens with zero attached hydrogens (tertiary/aromatic N) is 3. The molecule has 0 unspecified atom stereocenters. The van der Waals surface area contributed by atoms with Crippen LogP contribution in [0.15, 0.2) is 48.7 Å². The fourth-order valence-electron chi connectivity index (χ4n) is 2.76. The highest BCUT2D eigenvalue weighted by atomic mass is 127. The Kier molecular flexibility index (Phi) is 6.17. The van der Waals surface area contributed by atoms with E-state index in [9.17, 15) is 4.79 Å². The van der Waals surface area contributed by atoms with Crippen molar-refractivity contribution in [3.8, 4) is 0 Å². The fourth-order valence-corrected chi connectivity index (χ4v) is 3.12. The van der Waals surface area contributed by atoms with Gasteiger partial charge < -0.3 is 5.32 Å². The number of nitrogens with one attached hydrogen (secondary N) is 1. The van der Waals surface area contributed by atoms with Crippen LogP contribution >= 0.6 is 22.6 Å². The number of aromatic nitrogens is 1. The number of piperazine rings is 1. The maximum atomic E-state index is 12.2. The Morgan fingerprint density at radius 1 is 1.04 bits per heavy atom. The third kappa shape index (κ3) is 5.25. The number of hydrogen-bond donors (Lipinski definition) is 1. The van der Waals surface area contributed by atoms with E-state index in [0.717, 1.165) is 47.7 Å². The van der Waals surface area contributed by atoms with E-state index < -0.39 is 0 Å². The van der Waals surface area contributed by atoms with Gasteiger partial charge in [0.05, 0.1) is 12.2 Å². The van der Waals surface area contributed by atoms with E-state index in [1.807, 2.05) is 42.6 Å². The average molecular weight is 436 g/mol. The van der Waals surface area contributed by atoms with Crippen LogP contribution in [-0.4, -0.2) is 53.4 Å². The summed E-state index contributed by atoms with van der Waals surface area (Å²) >= 11 is 2.25. The third-order valence-corrected chi connectivity index (χ3v) is 4.79. The standard InChI is InChI=1S/C18H21IN4O/c19-15-4-6-16(7-5-15)21-18(24)14-23-11-9-22(10-12-23)13-17-3-1-2-8-20-17/h1-8H,9-14H2,(H,21,24). The first-order chi connectivity index (χ1) is 11.7. The van der Waals surface area contributed by atoms with E-state index in [1.165, 1.54) is 0 Å². The van der Waals surface area contributed by atoms with Crippen LogP contribution in [0.25, 0.3) is 0 Å². The van der Waals surface area contributed by atoms with Crippen molar-refractivity contribution in [2.75, 3.05) is 38.0 Å². The van der Waals surface area contributed by atoms with E-state index in [2.05, 4.69) is 48.8 Å². The van der Waals surface area contributed by atoms with Crippen molar-refractivity contribution in [3.63, 3.8) is 0 Å². The smallest absolute Gasteiger partial charge is 0.238 e. The first-order valence-corrected chi connectivity index (χ1v) is 9.17. The van der Waals surface area contributed by atoms with Crippen molar-refractivity contribution in [3.05, 3.63) is 57.9 Å².